The lowest BCUT2D eigenvalue weighted by Crippen LogP contribution is -2.03. The van der Waals surface area contributed by atoms with Crippen LogP contribution < -0.4 is 0 Å². The number of benzene rings is 1. The molecule has 0 fully saturated rings. The summed E-state index contributed by atoms with van der Waals surface area (Å²) >= 11 is 0. The Balaban J connectivity index is 2.34. The van der Waals surface area contributed by atoms with Gasteiger partial charge in [0.25, 0.3) is 0 Å². The van der Waals surface area contributed by atoms with E-state index in [-0.39, 0.29) is 0 Å². The number of aryl methyl sites for hydroxylation is 1. The molecule has 11 heavy (non-hydrogen) atoms. The lowest BCUT2D eigenvalue weighted by Gasteiger charge is -2.21. The number of rotatable bonds is 0. The van der Waals surface area contributed by atoms with Gasteiger partial charge in [0.2, 0.25) is 0 Å². The first-order chi connectivity index (χ1) is 5.36. The lowest BCUT2D eigenvalue weighted by molar-refractivity contribution is 1.06. The highest BCUT2D eigenvalue weighted by Crippen LogP contribution is 2.40. The minimum absolute atomic E-state index is 0.322. The summed E-state index contributed by atoms with van der Waals surface area (Å²) < 4.78 is 0. The molecule has 0 amide bonds. The van der Waals surface area contributed by atoms with Gasteiger partial charge < -0.3 is 0 Å². The Labute approximate surface area is 69.4 Å². The first kappa shape index (κ1) is 7.31. The molecule has 0 saturated carbocycles. The fourth-order valence-electron chi connectivity index (χ4n) is 1.64. The van der Waals surface area contributed by atoms with Gasteiger partial charge in [0.05, 0.1) is 0 Å². The van der Waals surface area contributed by atoms with Crippen LogP contribution in [0, 0.1) is 0 Å². The van der Waals surface area contributed by atoms with Crippen LogP contribution in [0.3, 0.4) is 0 Å². The summed E-state index contributed by atoms with van der Waals surface area (Å²) in [6.45, 7) is 2.41. The smallest absolute Gasteiger partial charge is 0.00727 e. The molecule has 1 atom stereocenters. The molecule has 2 rings (SSSR count). The molecule has 1 heterocycles. The fourth-order valence-corrected chi connectivity index (χ4v) is 3.31. The molecule has 1 aromatic rings. The Morgan fingerprint density at radius 2 is 1.91 bits per heavy atom. The maximum absolute atomic E-state index is 2.41. The van der Waals surface area contributed by atoms with Crippen molar-refractivity contribution < 1.29 is 0 Å². The van der Waals surface area contributed by atoms with E-state index in [0.29, 0.717) is 7.92 Å². The van der Waals surface area contributed by atoms with E-state index in [1.807, 2.05) is 0 Å². The van der Waals surface area contributed by atoms with Crippen molar-refractivity contribution in [2.75, 3.05) is 12.8 Å². The Morgan fingerprint density at radius 1 is 1.18 bits per heavy atom. The molecule has 0 bridgehead atoms. The molecule has 1 aliphatic heterocycles. The van der Waals surface area contributed by atoms with E-state index in [9.17, 15) is 0 Å². The van der Waals surface area contributed by atoms with Crippen molar-refractivity contribution in [1.29, 1.82) is 0 Å². The van der Waals surface area contributed by atoms with Crippen LogP contribution in [-0.4, -0.2) is 12.8 Å². The summed E-state index contributed by atoms with van der Waals surface area (Å²) in [7, 11) is 0.322. The standard InChI is InChI=1S/C10H13P/c1-11-7-6-9-4-2-3-5-10(9)8-11/h2-5H,6-8H2,1H3. The molecule has 0 radical (unpaired) electrons. The fraction of sp³-hybridized carbons (Fsp3) is 0.400. The topological polar surface area (TPSA) is 0 Å². The van der Waals surface area contributed by atoms with Crippen molar-refractivity contribution in [1.82, 2.24) is 0 Å². The third kappa shape index (κ3) is 1.46. The van der Waals surface area contributed by atoms with Crippen LogP contribution in [0.5, 0.6) is 0 Å². The monoisotopic (exact) mass is 164 g/mol. The van der Waals surface area contributed by atoms with Crippen molar-refractivity contribution in [2.24, 2.45) is 0 Å². The zero-order chi connectivity index (χ0) is 7.68. The van der Waals surface area contributed by atoms with Crippen LogP contribution in [0.2, 0.25) is 0 Å². The van der Waals surface area contributed by atoms with Gasteiger partial charge in [0, 0.05) is 0 Å². The van der Waals surface area contributed by atoms with E-state index in [2.05, 4.69) is 30.9 Å². The molecule has 1 unspecified atom stereocenters. The number of fused-ring (bicyclic) bond motifs is 1. The first-order valence-corrected chi connectivity index (χ1v) is 6.27. The summed E-state index contributed by atoms with van der Waals surface area (Å²) in [6.07, 6.45) is 4.11. The second-order valence-corrected chi connectivity index (χ2v) is 5.73. The van der Waals surface area contributed by atoms with E-state index in [4.69, 9.17) is 0 Å². The van der Waals surface area contributed by atoms with Crippen LogP contribution in [0.15, 0.2) is 24.3 Å². The molecule has 0 saturated heterocycles. The largest absolute Gasteiger partial charge is 0.105 e. The van der Waals surface area contributed by atoms with Gasteiger partial charge in [-0.3, -0.25) is 0 Å². The van der Waals surface area contributed by atoms with E-state index in [1.165, 1.54) is 18.7 Å². The highest BCUT2D eigenvalue weighted by molar-refractivity contribution is 7.56. The zero-order valence-corrected chi connectivity index (χ0v) is 7.77. The van der Waals surface area contributed by atoms with Crippen LogP contribution in [0.1, 0.15) is 11.1 Å². The molecule has 0 N–H and O–H groups in total. The molecular weight excluding hydrogens is 151 g/mol. The summed E-state index contributed by atoms with van der Waals surface area (Å²) in [5.41, 5.74) is 3.19. The second-order valence-electron chi connectivity index (χ2n) is 3.26. The molecule has 58 valence electrons. The quantitative estimate of drug-likeness (QED) is 0.517. The first-order valence-electron chi connectivity index (χ1n) is 4.11. The number of hydrogen-bond acceptors (Lipinski definition) is 0. The summed E-state index contributed by atoms with van der Waals surface area (Å²) in [5, 5.41) is 0. The van der Waals surface area contributed by atoms with Gasteiger partial charge in [-0.1, -0.05) is 24.3 Å². The molecule has 0 aromatic heterocycles. The number of hydrogen-bond donors (Lipinski definition) is 0. The van der Waals surface area contributed by atoms with Crippen molar-refractivity contribution in [2.45, 2.75) is 12.6 Å². The molecule has 0 nitrogen and oxygen atoms in total. The Kier molecular flexibility index (Phi) is 1.96. The van der Waals surface area contributed by atoms with Crippen LogP contribution in [-0.2, 0) is 12.6 Å². The third-order valence-electron chi connectivity index (χ3n) is 2.32. The van der Waals surface area contributed by atoms with Gasteiger partial charge in [-0.25, -0.2) is 0 Å². The van der Waals surface area contributed by atoms with Gasteiger partial charge in [-0.05, 0) is 36.5 Å². The van der Waals surface area contributed by atoms with E-state index < -0.39 is 0 Å². The van der Waals surface area contributed by atoms with Crippen molar-refractivity contribution in [3.8, 4) is 0 Å². The minimum Gasteiger partial charge on any atom is -0.105 e. The van der Waals surface area contributed by atoms with Crippen molar-refractivity contribution >= 4 is 7.92 Å². The van der Waals surface area contributed by atoms with Gasteiger partial charge in [-0.2, -0.15) is 0 Å². The molecule has 0 aliphatic carbocycles. The van der Waals surface area contributed by atoms with Crippen LogP contribution in [0.4, 0.5) is 0 Å². The van der Waals surface area contributed by atoms with Crippen molar-refractivity contribution in [3.05, 3.63) is 35.4 Å². The molecule has 1 aliphatic rings. The maximum atomic E-state index is 2.41. The minimum atomic E-state index is 0.322. The van der Waals surface area contributed by atoms with Gasteiger partial charge in [0.15, 0.2) is 0 Å². The average molecular weight is 164 g/mol. The molecule has 1 aromatic carbocycles. The SMILES string of the molecule is CP1CCc2ccccc2C1. The van der Waals surface area contributed by atoms with E-state index >= 15 is 0 Å². The highest BCUT2D eigenvalue weighted by Gasteiger charge is 2.12. The zero-order valence-electron chi connectivity index (χ0n) is 6.88. The molecule has 0 spiro atoms. The van der Waals surface area contributed by atoms with Gasteiger partial charge in [-0.15, -0.1) is 7.92 Å². The summed E-state index contributed by atoms with van der Waals surface area (Å²) in [4.78, 5) is 0. The molecule has 1 heteroatoms. The average Bonchev–Trinajstić information content (AvgIpc) is 2.04. The third-order valence-corrected chi connectivity index (χ3v) is 4.19. The predicted molar refractivity (Wildman–Crippen MR) is 51.6 cm³/mol. The van der Waals surface area contributed by atoms with E-state index in [0.717, 1.165) is 0 Å². The van der Waals surface area contributed by atoms with E-state index in [1.54, 1.807) is 11.1 Å². The second kappa shape index (κ2) is 2.95. The Morgan fingerprint density at radius 3 is 2.73 bits per heavy atom. The Hall–Kier alpha value is -0.350. The predicted octanol–water partition coefficient (Wildman–Crippen LogP) is 2.85. The molecular formula is C10H13P. The lowest BCUT2D eigenvalue weighted by atomic mass is 10.1. The summed E-state index contributed by atoms with van der Waals surface area (Å²) in [5.74, 6) is 0. The van der Waals surface area contributed by atoms with Gasteiger partial charge in [0.1, 0.15) is 0 Å². The Bertz CT molecular complexity index is 255. The normalized spacial score (nSPS) is 22.8. The van der Waals surface area contributed by atoms with Crippen LogP contribution >= 0.6 is 7.92 Å². The van der Waals surface area contributed by atoms with Crippen molar-refractivity contribution in [3.63, 3.8) is 0 Å². The highest BCUT2D eigenvalue weighted by atomic mass is 31.1. The summed E-state index contributed by atoms with van der Waals surface area (Å²) in [6, 6.07) is 8.88. The maximum Gasteiger partial charge on any atom is -0.00727 e. The van der Waals surface area contributed by atoms with Crippen LogP contribution in [0.25, 0.3) is 0 Å². The van der Waals surface area contributed by atoms with Gasteiger partial charge >= 0.3 is 0 Å².